The van der Waals surface area contributed by atoms with Gasteiger partial charge in [0.15, 0.2) is 4.77 Å². The number of nitrogens with one attached hydrogen (secondary N) is 1. The summed E-state index contributed by atoms with van der Waals surface area (Å²) >= 11 is 5.08. The minimum absolute atomic E-state index is 0.326. The molecular formula is C10H16N2O2S. The van der Waals surface area contributed by atoms with Crippen LogP contribution >= 0.6 is 12.2 Å². The molecule has 0 saturated carbocycles. The summed E-state index contributed by atoms with van der Waals surface area (Å²) in [7, 11) is 1.85. The lowest BCUT2D eigenvalue weighted by molar-refractivity contribution is 0.0518. The summed E-state index contributed by atoms with van der Waals surface area (Å²) in [5.41, 5.74) is 1.41. The molecule has 1 heterocycles. The van der Waals surface area contributed by atoms with Crippen molar-refractivity contribution < 1.29 is 9.53 Å². The zero-order chi connectivity index (χ0) is 11.4. The normalized spacial score (nSPS) is 10.3. The monoisotopic (exact) mass is 228 g/mol. The van der Waals surface area contributed by atoms with E-state index in [4.69, 9.17) is 17.0 Å². The SMILES string of the molecule is CCCc1c(C(=O)OCC)[nH]c(=S)n1C. The third-order valence-electron chi connectivity index (χ3n) is 2.20. The Balaban J connectivity index is 3.11. The first-order valence-corrected chi connectivity index (χ1v) is 5.47. The average molecular weight is 228 g/mol. The molecule has 1 aromatic rings. The number of hydrogen-bond donors (Lipinski definition) is 1. The fourth-order valence-electron chi connectivity index (χ4n) is 1.45. The second-order valence-corrected chi connectivity index (χ2v) is 3.67. The first kappa shape index (κ1) is 12.0. The number of esters is 1. The van der Waals surface area contributed by atoms with Gasteiger partial charge in [-0.3, -0.25) is 0 Å². The molecule has 0 aliphatic carbocycles. The van der Waals surface area contributed by atoms with Gasteiger partial charge in [-0.2, -0.15) is 0 Å². The van der Waals surface area contributed by atoms with E-state index in [-0.39, 0.29) is 5.97 Å². The zero-order valence-corrected chi connectivity index (χ0v) is 10.1. The number of hydrogen-bond acceptors (Lipinski definition) is 3. The predicted octanol–water partition coefficient (Wildman–Crippen LogP) is 2.21. The molecule has 4 nitrogen and oxygen atoms in total. The Bertz CT molecular complexity index is 406. The molecule has 15 heavy (non-hydrogen) atoms. The lowest BCUT2D eigenvalue weighted by atomic mass is 10.2. The van der Waals surface area contributed by atoms with Crippen LogP contribution < -0.4 is 0 Å². The summed E-state index contributed by atoms with van der Waals surface area (Å²) in [6, 6.07) is 0. The molecule has 0 fully saturated rings. The number of nitrogens with zero attached hydrogens (tertiary/aromatic N) is 1. The first-order chi connectivity index (χ1) is 7.11. The van der Waals surface area contributed by atoms with Crippen molar-refractivity contribution in [1.29, 1.82) is 0 Å². The highest BCUT2D eigenvalue weighted by molar-refractivity contribution is 7.71. The maximum Gasteiger partial charge on any atom is 0.356 e. The van der Waals surface area contributed by atoms with Gasteiger partial charge >= 0.3 is 5.97 Å². The number of aromatic nitrogens is 2. The van der Waals surface area contributed by atoms with Crippen LogP contribution in [0.1, 0.15) is 36.5 Å². The predicted molar refractivity (Wildman–Crippen MR) is 60.5 cm³/mol. The van der Waals surface area contributed by atoms with E-state index in [0.29, 0.717) is 17.1 Å². The lowest BCUT2D eigenvalue weighted by Gasteiger charge is -2.04. The second-order valence-electron chi connectivity index (χ2n) is 3.28. The van der Waals surface area contributed by atoms with Gasteiger partial charge in [0.2, 0.25) is 0 Å². The Morgan fingerprint density at radius 2 is 2.20 bits per heavy atom. The molecule has 0 amide bonds. The van der Waals surface area contributed by atoms with Crippen molar-refractivity contribution in [1.82, 2.24) is 9.55 Å². The van der Waals surface area contributed by atoms with Gasteiger partial charge in [0.05, 0.1) is 12.3 Å². The van der Waals surface area contributed by atoms with Gasteiger partial charge in [-0.25, -0.2) is 4.79 Å². The van der Waals surface area contributed by atoms with Crippen LogP contribution in [0.3, 0.4) is 0 Å². The van der Waals surface area contributed by atoms with Crippen LogP contribution in [-0.4, -0.2) is 22.1 Å². The maximum absolute atomic E-state index is 11.6. The van der Waals surface area contributed by atoms with Gasteiger partial charge in [0.1, 0.15) is 5.69 Å². The molecular weight excluding hydrogens is 212 g/mol. The Morgan fingerprint density at radius 1 is 1.53 bits per heavy atom. The van der Waals surface area contributed by atoms with Crippen molar-refractivity contribution in [2.75, 3.05) is 6.61 Å². The molecule has 0 atom stereocenters. The van der Waals surface area contributed by atoms with Crippen molar-refractivity contribution in [2.45, 2.75) is 26.7 Å². The number of carbonyl (C=O) groups is 1. The van der Waals surface area contributed by atoms with Crippen LogP contribution in [0.5, 0.6) is 0 Å². The van der Waals surface area contributed by atoms with Gasteiger partial charge in [-0.1, -0.05) is 13.3 Å². The Morgan fingerprint density at radius 3 is 2.73 bits per heavy atom. The lowest BCUT2D eigenvalue weighted by Crippen LogP contribution is -2.09. The number of imidazole rings is 1. The molecule has 0 aliphatic rings. The van der Waals surface area contributed by atoms with Gasteiger partial charge < -0.3 is 14.3 Å². The quantitative estimate of drug-likeness (QED) is 0.635. The van der Waals surface area contributed by atoms with Gasteiger partial charge in [0.25, 0.3) is 0 Å². The summed E-state index contributed by atoms with van der Waals surface area (Å²) in [5.74, 6) is -0.326. The minimum atomic E-state index is -0.326. The number of rotatable bonds is 4. The number of carbonyl (C=O) groups excluding carboxylic acids is 1. The average Bonchev–Trinajstić information content (AvgIpc) is 2.47. The Kier molecular flexibility index (Phi) is 4.08. The first-order valence-electron chi connectivity index (χ1n) is 5.06. The summed E-state index contributed by atoms with van der Waals surface area (Å²) in [4.78, 5) is 14.5. The van der Waals surface area contributed by atoms with E-state index in [0.717, 1.165) is 18.5 Å². The number of aromatic amines is 1. The van der Waals surface area contributed by atoms with E-state index >= 15 is 0 Å². The van der Waals surface area contributed by atoms with E-state index in [1.165, 1.54) is 0 Å². The molecule has 0 bridgehead atoms. The van der Waals surface area contributed by atoms with Crippen molar-refractivity contribution in [3.05, 3.63) is 16.2 Å². The van der Waals surface area contributed by atoms with Crippen molar-refractivity contribution in [3.63, 3.8) is 0 Å². The fourth-order valence-corrected chi connectivity index (χ4v) is 1.67. The standard InChI is InChI=1S/C10H16N2O2S/c1-4-6-7-8(9(13)14-5-2)11-10(15)12(7)3/h4-6H2,1-3H3,(H,11,15). The van der Waals surface area contributed by atoms with Crippen molar-refractivity contribution >= 4 is 18.2 Å². The largest absolute Gasteiger partial charge is 0.461 e. The molecule has 0 aliphatic heterocycles. The highest BCUT2D eigenvalue weighted by atomic mass is 32.1. The van der Waals surface area contributed by atoms with E-state index in [2.05, 4.69) is 11.9 Å². The van der Waals surface area contributed by atoms with Gasteiger partial charge in [-0.15, -0.1) is 0 Å². The highest BCUT2D eigenvalue weighted by Gasteiger charge is 2.16. The molecule has 1 rings (SSSR count). The van der Waals surface area contributed by atoms with E-state index in [9.17, 15) is 4.79 Å². The summed E-state index contributed by atoms with van der Waals surface area (Å²) in [5, 5.41) is 0. The molecule has 1 N–H and O–H groups in total. The molecule has 0 saturated heterocycles. The van der Waals surface area contributed by atoms with Crippen molar-refractivity contribution in [3.8, 4) is 0 Å². The van der Waals surface area contributed by atoms with Crippen LogP contribution in [0.4, 0.5) is 0 Å². The summed E-state index contributed by atoms with van der Waals surface area (Å²) in [6.45, 7) is 4.22. The van der Waals surface area contributed by atoms with Crippen LogP contribution in [0, 0.1) is 4.77 Å². The van der Waals surface area contributed by atoms with Crippen LogP contribution in [0.2, 0.25) is 0 Å². The second kappa shape index (κ2) is 5.11. The maximum atomic E-state index is 11.6. The Labute approximate surface area is 94.3 Å². The van der Waals surface area contributed by atoms with E-state index in [1.807, 2.05) is 11.6 Å². The minimum Gasteiger partial charge on any atom is -0.461 e. The molecule has 1 aromatic heterocycles. The fraction of sp³-hybridized carbons (Fsp3) is 0.600. The molecule has 5 heteroatoms. The smallest absolute Gasteiger partial charge is 0.356 e. The third kappa shape index (κ3) is 2.47. The van der Waals surface area contributed by atoms with Crippen LogP contribution in [0.15, 0.2) is 0 Å². The summed E-state index contributed by atoms with van der Waals surface area (Å²) in [6.07, 6.45) is 1.78. The van der Waals surface area contributed by atoms with Gasteiger partial charge in [0, 0.05) is 7.05 Å². The van der Waals surface area contributed by atoms with Crippen LogP contribution in [0.25, 0.3) is 0 Å². The molecule has 0 spiro atoms. The molecule has 0 radical (unpaired) electrons. The van der Waals surface area contributed by atoms with Crippen LogP contribution in [-0.2, 0) is 18.2 Å². The van der Waals surface area contributed by atoms with Gasteiger partial charge in [-0.05, 0) is 25.6 Å². The number of H-pyrrole nitrogens is 1. The molecule has 0 aromatic carbocycles. The highest BCUT2D eigenvalue weighted by Crippen LogP contribution is 2.11. The zero-order valence-electron chi connectivity index (χ0n) is 9.29. The molecule has 0 unspecified atom stereocenters. The third-order valence-corrected chi connectivity index (χ3v) is 2.57. The number of ether oxygens (including phenoxy) is 1. The summed E-state index contributed by atoms with van der Waals surface area (Å²) < 4.78 is 7.33. The Hall–Kier alpha value is -1.10. The molecule has 84 valence electrons. The van der Waals surface area contributed by atoms with Crippen molar-refractivity contribution in [2.24, 2.45) is 7.05 Å². The van der Waals surface area contributed by atoms with E-state index < -0.39 is 0 Å². The van der Waals surface area contributed by atoms with E-state index in [1.54, 1.807) is 6.92 Å². The topological polar surface area (TPSA) is 47.0 Å².